The molecule has 0 radical (unpaired) electrons. The first kappa shape index (κ1) is 16.3. The van der Waals surface area contributed by atoms with Crippen LogP contribution < -0.4 is 16.0 Å². The van der Waals surface area contributed by atoms with E-state index < -0.39 is 31.0 Å². The van der Waals surface area contributed by atoms with Gasteiger partial charge in [0.05, 0.1) is 0 Å². The van der Waals surface area contributed by atoms with Crippen LogP contribution >= 0.6 is 0 Å². The Bertz CT molecular complexity index is 398. The van der Waals surface area contributed by atoms with E-state index in [2.05, 4.69) is 10.6 Å². The summed E-state index contributed by atoms with van der Waals surface area (Å²) in [5.74, 6) is -1.78. The van der Waals surface area contributed by atoms with Crippen LogP contribution in [0.25, 0.3) is 0 Å². The Morgan fingerprint density at radius 1 is 1.35 bits per heavy atom. The van der Waals surface area contributed by atoms with Gasteiger partial charge in [0, 0.05) is 18.5 Å². The Morgan fingerprint density at radius 3 is 2.55 bits per heavy atom. The zero-order valence-electron chi connectivity index (χ0n) is 10.8. The number of rotatable bonds is 4. The van der Waals surface area contributed by atoms with Gasteiger partial charge in [0.1, 0.15) is 13.0 Å². The van der Waals surface area contributed by atoms with Crippen molar-refractivity contribution in [1.29, 1.82) is 0 Å². The molecule has 1 rings (SSSR count). The van der Waals surface area contributed by atoms with Crippen LogP contribution in [0.15, 0.2) is 0 Å². The highest BCUT2D eigenvalue weighted by atomic mass is 19.4. The van der Waals surface area contributed by atoms with Crippen molar-refractivity contribution in [2.45, 2.75) is 44.4 Å². The molecule has 0 saturated carbocycles. The number of alkyl halides is 3. The Hall–Kier alpha value is -1.80. The van der Waals surface area contributed by atoms with Crippen molar-refractivity contribution >= 4 is 17.7 Å². The highest BCUT2D eigenvalue weighted by Gasteiger charge is 2.29. The standard InChI is InChI=1S/C11H16F3N3O3/c1-6-7(2-3-8(18)16-6)17-10(20)4-9(19)15-5-11(12,13)14/h6-7H,2-5H2,1H3,(H,15,19)(H,16,18)(H,17,20). The van der Waals surface area contributed by atoms with Gasteiger partial charge in [-0.1, -0.05) is 0 Å². The lowest BCUT2D eigenvalue weighted by Gasteiger charge is -2.30. The minimum absolute atomic E-state index is 0.120. The van der Waals surface area contributed by atoms with Gasteiger partial charge in [-0.2, -0.15) is 13.2 Å². The molecule has 0 bridgehead atoms. The summed E-state index contributed by atoms with van der Waals surface area (Å²) in [6.45, 7) is 0.237. The Labute approximate surface area is 113 Å². The molecule has 0 aromatic rings. The minimum Gasteiger partial charge on any atom is -0.352 e. The number of carbonyl (C=O) groups is 3. The zero-order valence-corrected chi connectivity index (χ0v) is 10.8. The van der Waals surface area contributed by atoms with Crippen molar-refractivity contribution in [3.8, 4) is 0 Å². The van der Waals surface area contributed by atoms with Gasteiger partial charge in [-0.15, -0.1) is 0 Å². The molecule has 6 nitrogen and oxygen atoms in total. The number of hydrogen-bond donors (Lipinski definition) is 3. The molecule has 9 heteroatoms. The molecule has 0 spiro atoms. The number of carbonyl (C=O) groups excluding carboxylic acids is 3. The SMILES string of the molecule is CC1NC(=O)CCC1NC(=O)CC(=O)NCC(F)(F)F. The molecule has 1 aliphatic rings. The zero-order chi connectivity index (χ0) is 15.3. The third-order valence-electron chi connectivity index (χ3n) is 2.83. The summed E-state index contributed by atoms with van der Waals surface area (Å²) in [6.07, 6.45) is -4.49. The van der Waals surface area contributed by atoms with Gasteiger partial charge >= 0.3 is 6.18 Å². The minimum atomic E-state index is -4.51. The molecule has 1 saturated heterocycles. The number of hydrogen-bond acceptors (Lipinski definition) is 3. The van der Waals surface area contributed by atoms with Gasteiger partial charge < -0.3 is 16.0 Å². The molecule has 0 aliphatic carbocycles. The average Bonchev–Trinajstić information content (AvgIpc) is 2.29. The molecule has 0 aromatic heterocycles. The smallest absolute Gasteiger partial charge is 0.352 e. The van der Waals surface area contributed by atoms with E-state index >= 15 is 0 Å². The highest BCUT2D eigenvalue weighted by molar-refractivity contribution is 5.97. The second kappa shape index (κ2) is 6.58. The van der Waals surface area contributed by atoms with Crippen LogP contribution in [0.1, 0.15) is 26.2 Å². The summed E-state index contributed by atoms with van der Waals surface area (Å²) in [5, 5.41) is 6.77. The van der Waals surface area contributed by atoms with Crippen LogP contribution in [0.5, 0.6) is 0 Å². The van der Waals surface area contributed by atoms with E-state index in [1.165, 1.54) is 0 Å². The quantitative estimate of drug-likeness (QED) is 0.630. The Morgan fingerprint density at radius 2 is 2.00 bits per heavy atom. The first-order valence-corrected chi connectivity index (χ1v) is 6.09. The molecule has 2 atom stereocenters. The number of halogens is 3. The number of amides is 3. The van der Waals surface area contributed by atoms with E-state index in [1.54, 1.807) is 12.2 Å². The molecular formula is C11H16F3N3O3. The monoisotopic (exact) mass is 295 g/mol. The maximum Gasteiger partial charge on any atom is 0.405 e. The van der Waals surface area contributed by atoms with Crippen LogP contribution in [-0.2, 0) is 14.4 Å². The van der Waals surface area contributed by atoms with Crippen LogP contribution in [0, 0.1) is 0 Å². The highest BCUT2D eigenvalue weighted by Crippen LogP contribution is 2.12. The lowest BCUT2D eigenvalue weighted by Crippen LogP contribution is -2.54. The predicted molar refractivity (Wildman–Crippen MR) is 62.5 cm³/mol. The van der Waals surface area contributed by atoms with E-state index in [-0.39, 0.29) is 24.4 Å². The van der Waals surface area contributed by atoms with Crippen molar-refractivity contribution in [1.82, 2.24) is 16.0 Å². The van der Waals surface area contributed by atoms with E-state index in [9.17, 15) is 27.6 Å². The Kier molecular flexibility index (Phi) is 5.34. The van der Waals surface area contributed by atoms with Crippen LogP contribution in [-0.4, -0.2) is 42.5 Å². The van der Waals surface area contributed by atoms with Gasteiger partial charge in [-0.05, 0) is 13.3 Å². The third kappa shape index (κ3) is 5.89. The van der Waals surface area contributed by atoms with Crippen LogP contribution in [0.4, 0.5) is 13.2 Å². The second-order valence-electron chi connectivity index (χ2n) is 4.64. The van der Waals surface area contributed by atoms with Gasteiger partial charge in [0.15, 0.2) is 0 Å². The second-order valence-corrected chi connectivity index (χ2v) is 4.64. The molecule has 0 aromatic carbocycles. The molecule has 1 aliphatic heterocycles. The van der Waals surface area contributed by atoms with Crippen molar-refractivity contribution < 1.29 is 27.6 Å². The van der Waals surface area contributed by atoms with Crippen LogP contribution in [0.2, 0.25) is 0 Å². The maximum absolute atomic E-state index is 11.9. The lowest BCUT2D eigenvalue weighted by molar-refractivity contribution is -0.141. The molecular weight excluding hydrogens is 279 g/mol. The summed E-state index contributed by atoms with van der Waals surface area (Å²) < 4.78 is 35.6. The lowest BCUT2D eigenvalue weighted by atomic mass is 9.99. The number of piperidine rings is 1. The molecule has 20 heavy (non-hydrogen) atoms. The molecule has 114 valence electrons. The summed E-state index contributed by atoms with van der Waals surface area (Å²) in [4.78, 5) is 33.7. The summed E-state index contributed by atoms with van der Waals surface area (Å²) in [5.41, 5.74) is 0. The number of nitrogens with one attached hydrogen (secondary N) is 3. The van der Waals surface area contributed by atoms with E-state index in [0.29, 0.717) is 6.42 Å². The molecule has 3 N–H and O–H groups in total. The first-order valence-electron chi connectivity index (χ1n) is 6.09. The normalized spacial score (nSPS) is 22.9. The van der Waals surface area contributed by atoms with Gasteiger partial charge in [0.25, 0.3) is 0 Å². The van der Waals surface area contributed by atoms with Gasteiger partial charge in [-0.25, -0.2) is 0 Å². The average molecular weight is 295 g/mol. The van der Waals surface area contributed by atoms with Crippen molar-refractivity contribution in [3.63, 3.8) is 0 Å². The van der Waals surface area contributed by atoms with Crippen molar-refractivity contribution in [2.24, 2.45) is 0 Å². The summed E-state index contributed by atoms with van der Waals surface area (Å²) in [7, 11) is 0. The summed E-state index contributed by atoms with van der Waals surface area (Å²) in [6, 6.07) is -0.603. The van der Waals surface area contributed by atoms with Crippen molar-refractivity contribution in [3.05, 3.63) is 0 Å². The van der Waals surface area contributed by atoms with E-state index in [1.807, 2.05) is 0 Å². The van der Waals surface area contributed by atoms with Crippen molar-refractivity contribution in [2.75, 3.05) is 6.54 Å². The largest absolute Gasteiger partial charge is 0.405 e. The molecule has 3 amide bonds. The first-order chi connectivity index (χ1) is 9.17. The fourth-order valence-electron chi connectivity index (χ4n) is 1.83. The van der Waals surface area contributed by atoms with Crippen LogP contribution in [0.3, 0.4) is 0 Å². The topological polar surface area (TPSA) is 87.3 Å². The van der Waals surface area contributed by atoms with Gasteiger partial charge in [0.2, 0.25) is 17.7 Å². The fraction of sp³-hybridized carbons (Fsp3) is 0.727. The maximum atomic E-state index is 11.9. The molecule has 1 heterocycles. The Balaban J connectivity index is 2.32. The van der Waals surface area contributed by atoms with E-state index in [0.717, 1.165) is 0 Å². The fourth-order valence-corrected chi connectivity index (χ4v) is 1.83. The molecule has 2 unspecified atom stereocenters. The molecule has 1 fully saturated rings. The van der Waals surface area contributed by atoms with Gasteiger partial charge in [-0.3, -0.25) is 14.4 Å². The van der Waals surface area contributed by atoms with E-state index in [4.69, 9.17) is 0 Å². The third-order valence-corrected chi connectivity index (χ3v) is 2.83. The predicted octanol–water partition coefficient (Wildman–Crippen LogP) is -0.162. The summed E-state index contributed by atoms with van der Waals surface area (Å²) >= 11 is 0.